The van der Waals surface area contributed by atoms with Crippen LogP contribution in [-0.2, 0) is 16.4 Å². The van der Waals surface area contributed by atoms with E-state index in [9.17, 15) is 23.6 Å². The number of nitro benzene ring substituents is 1. The molecule has 0 aliphatic heterocycles. The van der Waals surface area contributed by atoms with E-state index in [1.807, 2.05) is 30.3 Å². The Morgan fingerprint density at radius 1 is 1.21 bits per heavy atom. The van der Waals surface area contributed by atoms with Crippen molar-refractivity contribution in [1.29, 1.82) is 0 Å². The second kappa shape index (κ2) is 7.52. The van der Waals surface area contributed by atoms with Gasteiger partial charge in [-0.05, 0) is 24.5 Å². The van der Waals surface area contributed by atoms with Crippen LogP contribution in [0.1, 0.15) is 11.1 Å². The van der Waals surface area contributed by atoms with E-state index in [0.717, 1.165) is 11.6 Å². The Hall–Kier alpha value is -2.29. The number of nitrogens with zero attached hydrogens (tertiary/aromatic N) is 1. The summed E-state index contributed by atoms with van der Waals surface area (Å²) in [5, 5.41) is 20.8. The molecule has 0 fully saturated rings. The minimum absolute atomic E-state index is 0.163. The summed E-state index contributed by atoms with van der Waals surface area (Å²) in [7, 11) is -3.95. The number of hydrogen-bond donors (Lipinski definition) is 2. The smallest absolute Gasteiger partial charge is 0.270 e. The summed E-state index contributed by atoms with van der Waals surface area (Å²) in [6.07, 6.45) is -0.599. The van der Waals surface area contributed by atoms with Crippen LogP contribution in [0, 0.1) is 17.0 Å². The quantitative estimate of drug-likeness (QED) is 0.584. The number of aryl methyl sites for hydroxylation is 1. The van der Waals surface area contributed by atoms with Gasteiger partial charge in [-0.25, -0.2) is 13.1 Å². The van der Waals surface area contributed by atoms with Crippen molar-refractivity contribution in [1.82, 2.24) is 4.72 Å². The van der Waals surface area contributed by atoms with E-state index < -0.39 is 21.1 Å². The first-order chi connectivity index (χ1) is 11.3. The number of sulfonamides is 1. The summed E-state index contributed by atoms with van der Waals surface area (Å²) in [6.45, 7) is 1.37. The van der Waals surface area contributed by atoms with Crippen molar-refractivity contribution >= 4 is 15.7 Å². The Kier molecular flexibility index (Phi) is 5.66. The number of aliphatic hydroxyl groups is 1. The molecule has 0 aromatic heterocycles. The van der Waals surface area contributed by atoms with Gasteiger partial charge < -0.3 is 5.11 Å². The fourth-order valence-electron chi connectivity index (χ4n) is 2.23. The molecule has 0 spiro atoms. The lowest BCUT2D eigenvalue weighted by atomic mass is 10.1. The molecule has 0 radical (unpaired) electrons. The zero-order valence-corrected chi connectivity index (χ0v) is 13.9. The highest BCUT2D eigenvalue weighted by molar-refractivity contribution is 7.89. The average molecular weight is 350 g/mol. The van der Waals surface area contributed by atoms with E-state index in [1.54, 1.807) is 6.92 Å². The van der Waals surface area contributed by atoms with Gasteiger partial charge in [0.2, 0.25) is 10.0 Å². The lowest BCUT2D eigenvalue weighted by Gasteiger charge is -2.13. The minimum atomic E-state index is -3.95. The van der Waals surface area contributed by atoms with Crippen LogP contribution in [0.5, 0.6) is 0 Å². The molecular weight excluding hydrogens is 332 g/mol. The van der Waals surface area contributed by atoms with Crippen LogP contribution in [0.4, 0.5) is 5.69 Å². The SMILES string of the molecule is Cc1ccc([N+](=O)[O-])cc1S(=O)(=O)NCC(O)Cc1ccccc1. The van der Waals surface area contributed by atoms with Gasteiger partial charge >= 0.3 is 0 Å². The van der Waals surface area contributed by atoms with Gasteiger partial charge in [-0.2, -0.15) is 0 Å². The average Bonchev–Trinajstić information content (AvgIpc) is 2.54. The summed E-state index contributed by atoms with van der Waals surface area (Å²) < 4.78 is 27.0. The number of nitrogens with one attached hydrogen (secondary N) is 1. The van der Waals surface area contributed by atoms with E-state index in [4.69, 9.17) is 0 Å². The van der Waals surface area contributed by atoms with Crippen molar-refractivity contribution in [2.24, 2.45) is 0 Å². The number of non-ortho nitro benzene ring substituents is 1. The van der Waals surface area contributed by atoms with Crippen LogP contribution in [0.2, 0.25) is 0 Å². The van der Waals surface area contributed by atoms with Crippen molar-refractivity contribution in [2.45, 2.75) is 24.3 Å². The topological polar surface area (TPSA) is 110 Å². The van der Waals surface area contributed by atoms with Crippen LogP contribution >= 0.6 is 0 Å². The molecule has 0 bridgehead atoms. The van der Waals surface area contributed by atoms with Gasteiger partial charge in [-0.15, -0.1) is 0 Å². The van der Waals surface area contributed by atoms with Gasteiger partial charge in [0.15, 0.2) is 0 Å². The molecule has 2 aromatic carbocycles. The number of benzene rings is 2. The fourth-order valence-corrected chi connectivity index (χ4v) is 3.57. The molecule has 0 heterocycles. The molecule has 1 atom stereocenters. The summed E-state index contributed by atoms with van der Waals surface area (Å²) in [4.78, 5) is 10.00. The van der Waals surface area contributed by atoms with Crippen LogP contribution in [0.15, 0.2) is 53.4 Å². The molecule has 2 aromatic rings. The Morgan fingerprint density at radius 2 is 1.88 bits per heavy atom. The molecule has 7 nitrogen and oxygen atoms in total. The van der Waals surface area contributed by atoms with E-state index >= 15 is 0 Å². The third-order valence-electron chi connectivity index (χ3n) is 3.50. The Morgan fingerprint density at radius 3 is 2.50 bits per heavy atom. The normalized spacial score (nSPS) is 12.8. The highest BCUT2D eigenvalue weighted by Crippen LogP contribution is 2.21. The van der Waals surface area contributed by atoms with E-state index in [1.165, 1.54) is 12.1 Å². The summed E-state index contributed by atoms with van der Waals surface area (Å²) >= 11 is 0. The first kappa shape index (κ1) is 18.1. The van der Waals surface area contributed by atoms with Gasteiger partial charge in [0, 0.05) is 18.7 Å². The van der Waals surface area contributed by atoms with Gasteiger partial charge in [0.05, 0.1) is 15.9 Å². The molecule has 24 heavy (non-hydrogen) atoms. The lowest BCUT2D eigenvalue weighted by molar-refractivity contribution is -0.385. The standard InChI is InChI=1S/C16H18N2O5S/c1-12-7-8-14(18(20)21)10-16(12)24(22,23)17-11-15(19)9-13-5-3-2-4-6-13/h2-8,10,15,17,19H,9,11H2,1H3. The predicted molar refractivity (Wildman–Crippen MR) is 89.2 cm³/mol. The van der Waals surface area contributed by atoms with Crippen LogP contribution in [0.3, 0.4) is 0 Å². The molecule has 2 rings (SSSR count). The lowest BCUT2D eigenvalue weighted by Crippen LogP contribution is -2.33. The predicted octanol–water partition coefficient (Wildman–Crippen LogP) is 1.79. The van der Waals surface area contributed by atoms with Crippen molar-refractivity contribution < 1.29 is 18.4 Å². The second-order valence-electron chi connectivity index (χ2n) is 5.40. The number of nitro groups is 1. The highest BCUT2D eigenvalue weighted by Gasteiger charge is 2.21. The van der Waals surface area contributed by atoms with Crippen molar-refractivity contribution in [3.63, 3.8) is 0 Å². The van der Waals surface area contributed by atoms with Crippen molar-refractivity contribution in [3.8, 4) is 0 Å². The number of rotatable bonds is 7. The van der Waals surface area contributed by atoms with Gasteiger partial charge in [-0.1, -0.05) is 36.4 Å². The molecule has 0 amide bonds. The minimum Gasteiger partial charge on any atom is -0.391 e. The highest BCUT2D eigenvalue weighted by atomic mass is 32.2. The molecule has 0 saturated heterocycles. The molecule has 0 aliphatic carbocycles. The molecular formula is C16H18N2O5S. The van der Waals surface area contributed by atoms with Gasteiger partial charge in [-0.3, -0.25) is 10.1 Å². The molecule has 2 N–H and O–H groups in total. The van der Waals surface area contributed by atoms with Gasteiger partial charge in [0.1, 0.15) is 0 Å². The molecule has 1 unspecified atom stereocenters. The third kappa shape index (κ3) is 4.60. The van der Waals surface area contributed by atoms with E-state index in [0.29, 0.717) is 12.0 Å². The van der Waals surface area contributed by atoms with Crippen LogP contribution < -0.4 is 4.72 Å². The molecule has 0 saturated carbocycles. The van der Waals surface area contributed by atoms with Crippen LogP contribution in [-0.4, -0.2) is 31.1 Å². The Balaban J connectivity index is 2.08. The molecule has 8 heteroatoms. The Labute approximate surface area is 140 Å². The fraction of sp³-hybridized carbons (Fsp3) is 0.250. The maximum Gasteiger partial charge on any atom is 0.270 e. The zero-order valence-electron chi connectivity index (χ0n) is 13.0. The first-order valence-corrected chi connectivity index (χ1v) is 8.74. The maximum atomic E-state index is 12.3. The Bertz CT molecular complexity index is 822. The van der Waals surface area contributed by atoms with Crippen molar-refractivity contribution in [2.75, 3.05) is 6.54 Å². The maximum absolute atomic E-state index is 12.3. The zero-order chi connectivity index (χ0) is 17.7. The molecule has 0 aliphatic rings. The largest absolute Gasteiger partial charge is 0.391 e. The number of aliphatic hydroxyl groups excluding tert-OH is 1. The molecule has 128 valence electrons. The summed E-state index contributed by atoms with van der Waals surface area (Å²) in [5.41, 5.74) is 0.979. The second-order valence-corrected chi connectivity index (χ2v) is 7.14. The van der Waals surface area contributed by atoms with E-state index in [-0.39, 0.29) is 17.1 Å². The first-order valence-electron chi connectivity index (χ1n) is 7.26. The monoisotopic (exact) mass is 350 g/mol. The summed E-state index contributed by atoms with van der Waals surface area (Å²) in [6, 6.07) is 12.8. The number of hydrogen-bond acceptors (Lipinski definition) is 5. The van der Waals surface area contributed by atoms with Crippen LogP contribution in [0.25, 0.3) is 0 Å². The third-order valence-corrected chi connectivity index (χ3v) is 5.06. The van der Waals surface area contributed by atoms with E-state index in [2.05, 4.69) is 4.72 Å². The summed E-state index contributed by atoms with van der Waals surface area (Å²) in [5.74, 6) is 0. The van der Waals surface area contributed by atoms with Gasteiger partial charge in [0.25, 0.3) is 5.69 Å². The van der Waals surface area contributed by atoms with Crippen molar-refractivity contribution in [3.05, 3.63) is 69.8 Å².